The predicted octanol–water partition coefficient (Wildman–Crippen LogP) is 4.05. The Kier molecular flexibility index (Phi) is 6.41. The fraction of sp³-hybridized carbons (Fsp3) is 0.167. The number of hydrogen-bond donors (Lipinski definition) is 1. The van der Waals surface area contributed by atoms with E-state index in [0.29, 0.717) is 47.6 Å². The molecule has 1 heterocycles. The number of rotatable bonds is 7. The molecule has 0 bridgehead atoms. The maximum absolute atomic E-state index is 12.5. The summed E-state index contributed by atoms with van der Waals surface area (Å²) in [5.74, 6) is 1.08. The lowest BCUT2D eigenvalue weighted by Crippen LogP contribution is -2.21. The molecule has 0 unspecified atom stereocenters. The van der Waals surface area contributed by atoms with E-state index in [4.69, 9.17) is 23.7 Å². The molecular formula is C24H21NO7. The summed E-state index contributed by atoms with van der Waals surface area (Å²) in [5, 5.41) is 2.70. The molecule has 8 nitrogen and oxygen atoms in total. The van der Waals surface area contributed by atoms with E-state index in [2.05, 4.69) is 5.32 Å². The molecule has 0 spiro atoms. The van der Waals surface area contributed by atoms with Gasteiger partial charge in [-0.1, -0.05) is 30.3 Å². The Balaban J connectivity index is 1.39. The van der Waals surface area contributed by atoms with Crippen LogP contribution < -0.4 is 24.3 Å². The number of nitrogens with one attached hydrogen (secondary N) is 1. The third-order valence-electron chi connectivity index (χ3n) is 4.53. The van der Waals surface area contributed by atoms with Gasteiger partial charge in [-0.3, -0.25) is 4.79 Å². The fourth-order valence-corrected chi connectivity index (χ4v) is 3.07. The number of methoxy groups -OCH3 is 1. The van der Waals surface area contributed by atoms with Gasteiger partial charge in [0.25, 0.3) is 5.91 Å². The number of para-hydroxylation sites is 3. The number of ether oxygens (including phenoxy) is 5. The van der Waals surface area contributed by atoms with Gasteiger partial charge in [0, 0.05) is 0 Å². The second kappa shape index (κ2) is 9.74. The average Bonchev–Trinajstić information content (AvgIpc) is 2.83. The van der Waals surface area contributed by atoms with Crippen molar-refractivity contribution in [3.63, 3.8) is 0 Å². The van der Waals surface area contributed by atoms with Crippen molar-refractivity contribution in [3.8, 4) is 28.7 Å². The maximum Gasteiger partial charge on any atom is 0.338 e. The van der Waals surface area contributed by atoms with Gasteiger partial charge in [0.15, 0.2) is 23.9 Å². The Morgan fingerprint density at radius 3 is 2.50 bits per heavy atom. The van der Waals surface area contributed by atoms with Gasteiger partial charge < -0.3 is 29.0 Å². The summed E-state index contributed by atoms with van der Waals surface area (Å²) >= 11 is 0. The normalized spacial score (nSPS) is 11.9. The van der Waals surface area contributed by atoms with Crippen LogP contribution in [-0.2, 0) is 9.53 Å². The minimum Gasteiger partial charge on any atom is -0.493 e. The molecule has 3 aromatic carbocycles. The molecule has 164 valence electrons. The van der Waals surface area contributed by atoms with Crippen LogP contribution in [0.25, 0.3) is 0 Å². The second-order valence-corrected chi connectivity index (χ2v) is 6.74. The quantitative estimate of drug-likeness (QED) is 0.560. The van der Waals surface area contributed by atoms with E-state index in [0.717, 1.165) is 0 Å². The number of carbonyl (C=O) groups excluding carboxylic acids is 2. The van der Waals surface area contributed by atoms with Crippen LogP contribution in [0.4, 0.5) is 5.69 Å². The van der Waals surface area contributed by atoms with E-state index in [9.17, 15) is 9.59 Å². The van der Waals surface area contributed by atoms with Crippen molar-refractivity contribution in [1.29, 1.82) is 0 Å². The molecular weight excluding hydrogens is 414 g/mol. The van der Waals surface area contributed by atoms with E-state index in [-0.39, 0.29) is 5.56 Å². The highest BCUT2D eigenvalue weighted by molar-refractivity contribution is 5.97. The Hall–Kier alpha value is -4.20. The monoisotopic (exact) mass is 435 g/mol. The van der Waals surface area contributed by atoms with Crippen molar-refractivity contribution in [3.05, 3.63) is 72.3 Å². The summed E-state index contributed by atoms with van der Waals surface area (Å²) in [6.45, 7) is 0.277. The first-order chi connectivity index (χ1) is 15.6. The summed E-state index contributed by atoms with van der Waals surface area (Å²) in [5.41, 5.74) is 0.644. The first-order valence-corrected chi connectivity index (χ1v) is 9.90. The zero-order chi connectivity index (χ0) is 22.3. The highest BCUT2D eigenvalue weighted by Gasteiger charge is 2.22. The highest BCUT2D eigenvalue weighted by Crippen LogP contribution is 2.40. The van der Waals surface area contributed by atoms with Gasteiger partial charge in [0.1, 0.15) is 19.0 Å². The van der Waals surface area contributed by atoms with Gasteiger partial charge in [-0.25, -0.2) is 4.79 Å². The minimum absolute atomic E-state index is 0.187. The van der Waals surface area contributed by atoms with Crippen molar-refractivity contribution in [2.24, 2.45) is 0 Å². The molecule has 3 aromatic rings. The largest absolute Gasteiger partial charge is 0.493 e. The van der Waals surface area contributed by atoms with Crippen LogP contribution in [-0.4, -0.2) is 38.8 Å². The summed E-state index contributed by atoms with van der Waals surface area (Å²) in [7, 11) is 1.46. The van der Waals surface area contributed by atoms with Crippen LogP contribution in [0.3, 0.4) is 0 Å². The maximum atomic E-state index is 12.5. The van der Waals surface area contributed by atoms with Gasteiger partial charge in [-0.2, -0.15) is 0 Å². The molecule has 4 rings (SSSR count). The zero-order valence-electron chi connectivity index (χ0n) is 17.3. The Morgan fingerprint density at radius 2 is 1.69 bits per heavy atom. The summed E-state index contributed by atoms with van der Waals surface area (Å²) < 4.78 is 27.3. The number of benzene rings is 3. The number of fused-ring (bicyclic) bond motifs is 1. The van der Waals surface area contributed by atoms with Gasteiger partial charge >= 0.3 is 5.97 Å². The van der Waals surface area contributed by atoms with Gasteiger partial charge in [0.05, 0.1) is 18.4 Å². The number of amides is 1. The molecule has 1 N–H and O–H groups in total. The van der Waals surface area contributed by atoms with Crippen LogP contribution in [0.1, 0.15) is 10.4 Å². The standard InChI is InChI=1S/C24H21NO7/c1-28-20-13-16(14-21-23(20)30-12-11-29-21)24(27)31-15-22(26)25-18-9-5-6-10-19(18)32-17-7-3-2-4-8-17/h2-10,13-14H,11-12,15H2,1H3,(H,25,26). The molecule has 8 heteroatoms. The SMILES string of the molecule is COc1cc(C(=O)OCC(=O)Nc2ccccc2Oc2ccccc2)cc2c1OCCO2. The third kappa shape index (κ3) is 4.92. The fourth-order valence-electron chi connectivity index (χ4n) is 3.07. The van der Waals surface area contributed by atoms with Crippen LogP contribution >= 0.6 is 0 Å². The number of esters is 1. The van der Waals surface area contributed by atoms with Crippen molar-refractivity contribution in [2.75, 3.05) is 32.2 Å². The predicted molar refractivity (Wildman–Crippen MR) is 116 cm³/mol. The second-order valence-electron chi connectivity index (χ2n) is 6.74. The summed E-state index contributed by atoms with van der Waals surface area (Å²) in [4.78, 5) is 24.9. The Morgan fingerprint density at radius 1 is 0.938 bits per heavy atom. The van der Waals surface area contributed by atoms with Crippen LogP contribution in [0.5, 0.6) is 28.7 Å². The molecule has 0 atom stereocenters. The number of carbonyl (C=O) groups is 2. The molecule has 1 amide bonds. The van der Waals surface area contributed by atoms with E-state index in [1.54, 1.807) is 24.3 Å². The van der Waals surface area contributed by atoms with Gasteiger partial charge in [-0.15, -0.1) is 0 Å². The van der Waals surface area contributed by atoms with E-state index >= 15 is 0 Å². The molecule has 0 fully saturated rings. The van der Waals surface area contributed by atoms with Gasteiger partial charge in [0.2, 0.25) is 5.75 Å². The van der Waals surface area contributed by atoms with Crippen molar-refractivity contribution in [2.45, 2.75) is 0 Å². The molecule has 0 radical (unpaired) electrons. The van der Waals surface area contributed by atoms with Crippen molar-refractivity contribution in [1.82, 2.24) is 0 Å². The third-order valence-corrected chi connectivity index (χ3v) is 4.53. The molecule has 1 aliphatic rings. The first-order valence-electron chi connectivity index (χ1n) is 9.90. The lowest BCUT2D eigenvalue weighted by molar-refractivity contribution is -0.119. The van der Waals surface area contributed by atoms with Crippen molar-refractivity contribution < 1.29 is 33.3 Å². The summed E-state index contributed by atoms with van der Waals surface area (Å²) in [6, 6.07) is 19.2. The van der Waals surface area contributed by atoms with Crippen LogP contribution in [0.15, 0.2) is 66.7 Å². The van der Waals surface area contributed by atoms with E-state index in [1.807, 2.05) is 30.3 Å². The molecule has 0 saturated heterocycles. The average molecular weight is 435 g/mol. The van der Waals surface area contributed by atoms with Crippen LogP contribution in [0, 0.1) is 0 Å². The van der Waals surface area contributed by atoms with Crippen molar-refractivity contribution >= 4 is 17.6 Å². The molecule has 32 heavy (non-hydrogen) atoms. The lowest BCUT2D eigenvalue weighted by Gasteiger charge is -2.21. The smallest absolute Gasteiger partial charge is 0.338 e. The summed E-state index contributed by atoms with van der Waals surface area (Å²) in [6.07, 6.45) is 0. The molecule has 0 aromatic heterocycles. The minimum atomic E-state index is -0.691. The first kappa shape index (κ1) is 21.0. The topological polar surface area (TPSA) is 92.3 Å². The van der Waals surface area contributed by atoms with E-state index < -0.39 is 18.5 Å². The number of anilines is 1. The molecule has 0 aliphatic carbocycles. The zero-order valence-corrected chi connectivity index (χ0v) is 17.3. The van der Waals surface area contributed by atoms with E-state index in [1.165, 1.54) is 19.2 Å². The Bertz CT molecular complexity index is 1100. The molecule has 0 saturated carbocycles. The van der Waals surface area contributed by atoms with Crippen LogP contribution in [0.2, 0.25) is 0 Å². The lowest BCUT2D eigenvalue weighted by atomic mass is 10.1. The molecule has 1 aliphatic heterocycles. The highest BCUT2D eigenvalue weighted by atomic mass is 16.6. The Labute approximate surface area is 184 Å². The number of hydrogen-bond acceptors (Lipinski definition) is 7. The van der Waals surface area contributed by atoms with Gasteiger partial charge in [-0.05, 0) is 36.4 Å².